The van der Waals surface area contributed by atoms with E-state index in [0.717, 1.165) is 32.7 Å². The summed E-state index contributed by atoms with van der Waals surface area (Å²) in [5.41, 5.74) is 10.5. The molecular weight excluding hydrogens is 454 g/mol. The number of fused-ring (bicyclic) bond motifs is 1. The van der Waals surface area contributed by atoms with Crippen LogP contribution >= 0.6 is 22.9 Å². The molecule has 4 heterocycles. The fraction of sp³-hybridized carbons (Fsp3) is 0.160. The summed E-state index contributed by atoms with van der Waals surface area (Å²) in [7, 11) is 3.70. The van der Waals surface area contributed by atoms with Crippen LogP contribution in [-0.2, 0) is 14.1 Å². The molecule has 0 fully saturated rings. The summed E-state index contributed by atoms with van der Waals surface area (Å²) < 4.78 is 3.50. The minimum absolute atomic E-state index is 0.0555. The van der Waals surface area contributed by atoms with Crippen molar-refractivity contribution in [1.29, 1.82) is 0 Å². The minimum atomic E-state index is -0.373. The van der Waals surface area contributed by atoms with Gasteiger partial charge in [0.05, 0.1) is 29.1 Å². The van der Waals surface area contributed by atoms with Gasteiger partial charge in [0.25, 0.3) is 5.56 Å². The van der Waals surface area contributed by atoms with E-state index in [1.54, 1.807) is 41.5 Å². The van der Waals surface area contributed by atoms with Crippen LogP contribution in [0.5, 0.6) is 0 Å². The standard InChI is InChI=1S/C21H18ClN3OS.C4H6N2/c1-12-3-10-18(27-12)15-11-19(26)25(2)17-9-8-16(24-21(15)17)20(23)13-4-6-14(22)7-5-13;1-6-3-2-5-4-6/h3-11,20H,23H2,1-2H3;2-4H,1H3. The van der Waals surface area contributed by atoms with E-state index in [-0.39, 0.29) is 11.6 Å². The van der Waals surface area contributed by atoms with Crippen LogP contribution in [0.4, 0.5) is 0 Å². The number of hydrogen-bond donors (Lipinski definition) is 1. The molecule has 1 aromatic carbocycles. The number of benzene rings is 1. The van der Waals surface area contributed by atoms with E-state index in [1.807, 2.05) is 73.3 Å². The van der Waals surface area contributed by atoms with E-state index in [0.29, 0.717) is 5.02 Å². The van der Waals surface area contributed by atoms with Crippen molar-refractivity contribution in [2.45, 2.75) is 13.0 Å². The third-order valence-electron chi connectivity index (χ3n) is 5.30. The van der Waals surface area contributed by atoms with Crippen LogP contribution in [0.15, 0.2) is 78.1 Å². The molecular formula is C25H24ClN5OS. The van der Waals surface area contributed by atoms with Gasteiger partial charge in [-0.2, -0.15) is 0 Å². The zero-order valence-corrected chi connectivity index (χ0v) is 20.1. The third kappa shape index (κ3) is 5.06. The molecule has 0 spiro atoms. The number of rotatable bonds is 3. The van der Waals surface area contributed by atoms with Crippen molar-refractivity contribution in [3.8, 4) is 10.4 Å². The Hall–Kier alpha value is -3.26. The summed E-state index contributed by atoms with van der Waals surface area (Å²) in [6.07, 6.45) is 5.39. The topological polar surface area (TPSA) is 78.7 Å². The largest absolute Gasteiger partial charge is 0.341 e. The van der Waals surface area contributed by atoms with Crippen LogP contribution < -0.4 is 11.3 Å². The molecule has 0 aliphatic carbocycles. The molecule has 0 aliphatic rings. The molecule has 0 saturated heterocycles. The molecule has 0 amide bonds. The van der Waals surface area contributed by atoms with E-state index in [1.165, 1.54) is 4.88 Å². The van der Waals surface area contributed by atoms with E-state index >= 15 is 0 Å². The first kappa shape index (κ1) is 22.9. The Labute approximate surface area is 200 Å². The van der Waals surface area contributed by atoms with Gasteiger partial charge in [0.15, 0.2) is 0 Å². The highest BCUT2D eigenvalue weighted by Gasteiger charge is 2.16. The maximum Gasteiger partial charge on any atom is 0.251 e. The van der Waals surface area contributed by atoms with Gasteiger partial charge in [0.1, 0.15) is 0 Å². The number of nitrogens with two attached hydrogens (primary N) is 1. The summed E-state index contributed by atoms with van der Waals surface area (Å²) in [6.45, 7) is 2.05. The SMILES string of the molecule is Cc1ccc(-c2cc(=O)n(C)c3ccc(C(N)c4ccc(Cl)cc4)nc23)s1.Cn1ccnc1. The first-order valence-electron chi connectivity index (χ1n) is 10.3. The molecule has 0 radical (unpaired) electrons. The van der Waals surface area contributed by atoms with Crippen LogP contribution in [0.1, 0.15) is 22.2 Å². The van der Waals surface area contributed by atoms with Crippen LogP contribution in [-0.4, -0.2) is 19.1 Å². The lowest BCUT2D eigenvalue weighted by atomic mass is 10.0. The Morgan fingerprint density at radius 1 is 1.06 bits per heavy atom. The molecule has 5 aromatic rings. The van der Waals surface area contributed by atoms with Crippen molar-refractivity contribution >= 4 is 34.0 Å². The number of pyridine rings is 2. The molecule has 5 rings (SSSR count). The van der Waals surface area contributed by atoms with E-state index in [9.17, 15) is 4.79 Å². The second kappa shape index (κ2) is 9.70. The molecule has 2 N–H and O–H groups in total. The fourth-order valence-electron chi connectivity index (χ4n) is 3.45. The summed E-state index contributed by atoms with van der Waals surface area (Å²) in [4.78, 5) is 23.3. The van der Waals surface area contributed by atoms with Crippen LogP contribution in [0.2, 0.25) is 5.02 Å². The van der Waals surface area contributed by atoms with Crippen LogP contribution in [0.25, 0.3) is 21.5 Å². The maximum atomic E-state index is 12.4. The summed E-state index contributed by atoms with van der Waals surface area (Å²) in [5.74, 6) is 0. The zero-order chi connectivity index (χ0) is 23.5. The van der Waals surface area contributed by atoms with Gasteiger partial charge in [-0.1, -0.05) is 23.7 Å². The highest BCUT2D eigenvalue weighted by Crippen LogP contribution is 2.32. The Morgan fingerprint density at radius 3 is 2.39 bits per heavy atom. The van der Waals surface area contributed by atoms with Gasteiger partial charge < -0.3 is 14.9 Å². The lowest BCUT2D eigenvalue weighted by Gasteiger charge is -2.15. The monoisotopic (exact) mass is 477 g/mol. The van der Waals surface area contributed by atoms with Crippen LogP contribution in [0, 0.1) is 6.92 Å². The van der Waals surface area contributed by atoms with Gasteiger partial charge in [-0.05, 0) is 48.9 Å². The first-order chi connectivity index (χ1) is 15.8. The van der Waals surface area contributed by atoms with Gasteiger partial charge in [-0.3, -0.25) is 4.79 Å². The zero-order valence-electron chi connectivity index (χ0n) is 18.6. The van der Waals surface area contributed by atoms with Gasteiger partial charge >= 0.3 is 0 Å². The Bertz CT molecular complexity index is 1440. The lowest BCUT2D eigenvalue weighted by molar-refractivity contribution is 0.831. The van der Waals surface area contributed by atoms with Gasteiger partial charge in [-0.25, -0.2) is 9.97 Å². The minimum Gasteiger partial charge on any atom is -0.341 e. The Balaban J connectivity index is 0.000000376. The smallest absolute Gasteiger partial charge is 0.251 e. The van der Waals surface area contributed by atoms with Crippen LogP contribution in [0.3, 0.4) is 0 Å². The lowest BCUT2D eigenvalue weighted by Crippen LogP contribution is -2.18. The summed E-state index contributed by atoms with van der Waals surface area (Å²) in [5, 5.41) is 0.669. The second-order valence-corrected chi connectivity index (χ2v) is 9.45. The normalized spacial score (nSPS) is 11.8. The summed E-state index contributed by atoms with van der Waals surface area (Å²) >= 11 is 7.62. The fourth-order valence-corrected chi connectivity index (χ4v) is 4.46. The molecule has 1 atom stereocenters. The third-order valence-corrected chi connectivity index (χ3v) is 6.59. The molecule has 6 nitrogen and oxygen atoms in total. The molecule has 33 heavy (non-hydrogen) atoms. The molecule has 0 bridgehead atoms. The Kier molecular flexibility index (Phi) is 6.74. The summed E-state index contributed by atoms with van der Waals surface area (Å²) in [6, 6.07) is 16.6. The quantitative estimate of drug-likeness (QED) is 0.392. The number of thiophene rings is 1. The maximum absolute atomic E-state index is 12.4. The van der Waals surface area contributed by atoms with E-state index in [2.05, 4.69) is 4.98 Å². The predicted octanol–water partition coefficient (Wildman–Crippen LogP) is 5.09. The molecule has 8 heteroatoms. The van der Waals surface area contributed by atoms with Gasteiger partial charge in [0.2, 0.25) is 0 Å². The number of aromatic nitrogens is 4. The average Bonchev–Trinajstić information content (AvgIpc) is 3.47. The van der Waals surface area contributed by atoms with Crippen molar-refractivity contribution < 1.29 is 0 Å². The highest BCUT2D eigenvalue weighted by molar-refractivity contribution is 7.15. The van der Waals surface area contributed by atoms with E-state index < -0.39 is 0 Å². The number of hydrogen-bond acceptors (Lipinski definition) is 5. The highest BCUT2D eigenvalue weighted by atomic mass is 35.5. The van der Waals surface area contributed by atoms with Crippen molar-refractivity contribution in [2.75, 3.05) is 0 Å². The number of aryl methyl sites for hydroxylation is 3. The second-order valence-electron chi connectivity index (χ2n) is 7.73. The molecule has 0 aliphatic heterocycles. The Morgan fingerprint density at radius 2 is 1.82 bits per heavy atom. The van der Waals surface area contributed by atoms with Gasteiger partial charge in [-0.15, -0.1) is 11.3 Å². The molecule has 4 aromatic heterocycles. The van der Waals surface area contributed by atoms with Crippen molar-refractivity contribution in [1.82, 2.24) is 19.1 Å². The predicted molar refractivity (Wildman–Crippen MR) is 136 cm³/mol. The van der Waals surface area contributed by atoms with Gasteiger partial charge in [0, 0.05) is 52.9 Å². The van der Waals surface area contributed by atoms with E-state index in [4.69, 9.17) is 22.3 Å². The number of nitrogens with zero attached hydrogens (tertiary/aromatic N) is 4. The average molecular weight is 478 g/mol. The molecule has 168 valence electrons. The number of imidazole rings is 1. The van der Waals surface area contributed by atoms with Crippen molar-refractivity contribution in [3.63, 3.8) is 0 Å². The number of halogens is 1. The van der Waals surface area contributed by atoms with Crippen molar-refractivity contribution in [2.24, 2.45) is 19.8 Å². The van der Waals surface area contributed by atoms with Crippen molar-refractivity contribution in [3.05, 3.63) is 105 Å². The molecule has 1 unspecified atom stereocenters. The first-order valence-corrected chi connectivity index (χ1v) is 11.5. The molecule has 0 saturated carbocycles.